The monoisotopic (exact) mass is 351 g/mol. The SMILES string of the molecule is COc1ccc(C(NS(=O)(=O)c2cccc(Cl)c2)C2CC2)cc1. The molecule has 23 heavy (non-hydrogen) atoms. The minimum absolute atomic E-state index is 0.184. The number of benzene rings is 2. The van der Waals surface area contributed by atoms with Crippen molar-refractivity contribution < 1.29 is 13.2 Å². The van der Waals surface area contributed by atoms with E-state index < -0.39 is 10.0 Å². The lowest BCUT2D eigenvalue weighted by Crippen LogP contribution is -2.30. The predicted octanol–water partition coefficient (Wildman–Crippen LogP) is 3.78. The number of halogens is 1. The fourth-order valence-corrected chi connectivity index (χ4v) is 4.14. The molecule has 2 aromatic rings. The molecule has 1 fully saturated rings. The molecule has 0 saturated heterocycles. The second-order valence-electron chi connectivity index (χ2n) is 5.67. The summed E-state index contributed by atoms with van der Waals surface area (Å²) in [7, 11) is -2.01. The third kappa shape index (κ3) is 3.86. The Balaban J connectivity index is 1.87. The summed E-state index contributed by atoms with van der Waals surface area (Å²) >= 11 is 5.91. The lowest BCUT2D eigenvalue weighted by atomic mass is 10.0. The molecular formula is C17H18ClNO3S. The highest BCUT2D eigenvalue weighted by Crippen LogP contribution is 2.42. The number of hydrogen-bond donors (Lipinski definition) is 1. The lowest BCUT2D eigenvalue weighted by molar-refractivity contribution is 0.414. The van der Waals surface area contributed by atoms with Crippen molar-refractivity contribution >= 4 is 21.6 Å². The second kappa shape index (κ2) is 6.51. The van der Waals surface area contributed by atoms with Crippen LogP contribution in [0.2, 0.25) is 5.02 Å². The average molecular weight is 352 g/mol. The minimum Gasteiger partial charge on any atom is -0.497 e. The largest absolute Gasteiger partial charge is 0.497 e. The maximum absolute atomic E-state index is 12.6. The van der Waals surface area contributed by atoms with Crippen LogP contribution in [0, 0.1) is 5.92 Å². The van der Waals surface area contributed by atoms with Gasteiger partial charge in [0.05, 0.1) is 12.0 Å². The van der Waals surface area contributed by atoms with Crippen molar-refractivity contribution in [3.63, 3.8) is 0 Å². The highest BCUT2D eigenvalue weighted by Gasteiger charge is 2.35. The van der Waals surface area contributed by atoms with Gasteiger partial charge in [0.15, 0.2) is 0 Å². The van der Waals surface area contributed by atoms with Crippen LogP contribution in [0.5, 0.6) is 5.75 Å². The van der Waals surface area contributed by atoms with E-state index in [1.807, 2.05) is 24.3 Å². The number of ether oxygens (including phenoxy) is 1. The van der Waals surface area contributed by atoms with Crippen molar-refractivity contribution in [1.82, 2.24) is 4.72 Å². The van der Waals surface area contributed by atoms with Crippen LogP contribution >= 0.6 is 11.6 Å². The van der Waals surface area contributed by atoms with Crippen LogP contribution in [0.4, 0.5) is 0 Å². The van der Waals surface area contributed by atoms with Gasteiger partial charge in [0.2, 0.25) is 10.0 Å². The maximum Gasteiger partial charge on any atom is 0.241 e. The molecule has 1 unspecified atom stereocenters. The summed E-state index contributed by atoms with van der Waals surface area (Å²) in [5, 5.41) is 0.403. The van der Waals surface area contributed by atoms with Gasteiger partial charge in [-0.3, -0.25) is 0 Å². The number of nitrogens with one attached hydrogen (secondary N) is 1. The number of hydrogen-bond acceptors (Lipinski definition) is 3. The van der Waals surface area contributed by atoms with E-state index in [0.29, 0.717) is 10.9 Å². The Morgan fingerprint density at radius 1 is 1.17 bits per heavy atom. The van der Waals surface area contributed by atoms with Gasteiger partial charge in [-0.2, -0.15) is 0 Å². The highest BCUT2D eigenvalue weighted by molar-refractivity contribution is 7.89. The summed E-state index contributed by atoms with van der Waals surface area (Å²) in [5.74, 6) is 1.08. The van der Waals surface area contributed by atoms with E-state index in [1.165, 1.54) is 6.07 Å². The zero-order valence-electron chi connectivity index (χ0n) is 12.7. The molecule has 0 spiro atoms. The Hall–Kier alpha value is -1.56. The first-order chi connectivity index (χ1) is 11.0. The number of rotatable bonds is 6. The van der Waals surface area contributed by atoms with Gasteiger partial charge in [0, 0.05) is 11.1 Å². The molecule has 2 aromatic carbocycles. The van der Waals surface area contributed by atoms with Gasteiger partial charge in [-0.25, -0.2) is 13.1 Å². The van der Waals surface area contributed by atoms with Crippen LogP contribution in [0.1, 0.15) is 24.4 Å². The summed E-state index contributed by atoms with van der Waals surface area (Å²) in [5.41, 5.74) is 0.943. The molecule has 4 nitrogen and oxygen atoms in total. The molecule has 0 aliphatic heterocycles. The minimum atomic E-state index is -3.62. The molecule has 0 heterocycles. The maximum atomic E-state index is 12.6. The van der Waals surface area contributed by atoms with E-state index in [4.69, 9.17) is 16.3 Å². The number of sulfonamides is 1. The smallest absolute Gasteiger partial charge is 0.241 e. The van der Waals surface area contributed by atoms with E-state index >= 15 is 0 Å². The Morgan fingerprint density at radius 2 is 1.87 bits per heavy atom. The van der Waals surface area contributed by atoms with Gasteiger partial charge < -0.3 is 4.74 Å². The fourth-order valence-electron chi connectivity index (χ4n) is 2.55. The van der Waals surface area contributed by atoms with Crippen LogP contribution in [-0.4, -0.2) is 15.5 Å². The predicted molar refractivity (Wildman–Crippen MR) is 90.2 cm³/mol. The lowest BCUT2D eigenvalue weighted by Gasteiger charge is -2.19. The van der Waals surface area contributed by atoms with E-state index in [9.17, 15) is 8.42 Å². The summed E-state index contributed by atoms with van der Waals surface area (Å²) in [4.78, 5) is 0.184. The molecular weight excluding hydrogens is 334 g/mol. The molecule has 6 heteroatoms. The fraction of sp³-hybridized carbons (Fsp3) is 0.294. The average Bonchev–Trinajstić information content (AvgIpc) is 3.38. The summed E-state index contributed by atoms with van der Waals surface area (Å²) < 4.78 is 33.2. The Kier molecular flexibility index (Phi) is 4.62. The Morgan fingerprint density at radius 3 is 2.43 bits per heavy atom. The van der Waals surface area contributed by atoms with Crippen LogP contribution < -0.4 is 9.46 Å². The van der Waals surface area contributed by atoms with Crippen molar-refractivity contribution in [2.24, 2.45) is 5.92 Å². The molecule has 0 bridgehead atoms. The van der Waals surface area contributed by atoms with Crippen molar-refractivity contribution in [2.45, 2.75) is 23.8 Å². The quantitative estimate of drug-likeness (QED) is 0.861. The zero-order valence-corrected chi connectivity index (χ0v) is 14.3. The zero-order chi connectivity index (χ0) is 16.4. The normalized spacial score (nSPS) is 16.1. The van der Waals surface area contributed by atoms with Crippen LogP contribution in [0.25, 0.3) is 0 Å². The molecule has 1 atom stereocenters. The molecule has 3 rings (SSSR count). The Labute approximate surface area is 141 Å². The molecule has 1 aliphatic carbocycles. The van der Waals surface area contributed by atoms with Crippen molar-refractivity contribution in [2.75, 3.05) is 7.11 Å². The van der Waals surface area contributed by atoms with Crippen LogP contribution in [0.3, 0.4) is 0 Å². The number of methoxy groups -OCH3 is 1. The van der Waals surface area contributed by atoms with E-state index in [1.54, 1.807) is 25.3 Å². The van der Waals surface area contributed by atoms with Crippen molar-refractivity contribution in [3.05, 3.63) is 59.1 Å². The molecule has 1 N–H and O–H groups in total. The van der Waals surface area contributed by atoms with E-state index in [-0.39, 0.29) is 10.9 Å². The summed E-state index contributed by atoms with van der Waals surface area (Å²) in [6.45, 7) is 0. The van der Waals surface area contributed by atoms with Gasteiger partial charge in [-0.1, -0.05) is 29.8 Å². The molecule has 0 radical (unpaired) electrons. The van der Waals surface area contributed by atoms with Gasteiger partial charge in [-0.05, 0) is 54.7 Å². The first-order valence-electron chi connectivity index (χ1n) is 7.41. The van der Waals surface area contributed by atoms with Gasteiger partial charge in [0.25, 0.3) is 0 Å². The third-order valence-corrected chi connectivity index (χ3v) is 5.63. The van der Waals surface area contributed by atoms with Gasteiger partial charge >= 0.3 is 0 Å². The second-order valence-corrected chi connectivity index (χ2v) is 7.82. The third-order valence-electron chi connectivity index (χ3n) is 3.96. The van der Waals surface area contributed by atoms with Crippen molar-refractivity contribution in [3.8, 4) is 5.75 Å². The molecule has 1 aliphatic rings. The standard InChI is InChI=1S/C17H18ClNO3S/c1-22-15-9-7-13(8-10-15)17(12-5-6-12)19-23(20,21)16-4-2-3-14(18)11-16/h2-4,7-12,17,19H,5-6H2,1H3. The Bertz CT molecular complexity index is 786. The first kappa shape index (κ1) is 16.3. The van der Waals surface area contributed by atoms with Crippen LogP contribution in [-0.2, 0) is 10.0 Å². The molecule has 1 saturated carbocycles. The van der Waals surface area contributed by atoms with Crippen LogP contribution in [0.15, 0.2) is 53.4 Å². The van der Waals surface area contributed by atoms with Gasteiger partial charge in [-0.15, -0.1) is 0 Å². The van der Waals surface area contributed by atoms with E-state index in [2.05, 4.69) is 4.72 Å². The molecule has 122 valence electrons. The summed E-state index contributed by atoms with van der Waals surface area (Å²) in [6, 6.07) is 13.6. The highest BCUT2D eigenvalue weighted by atomic mass is 35.5. The molecule has 0 amide bonds. The molecule has 0 aromatic heterocycles. The van der Waals surface area contributed by atoms with E-state index in [0.717, 1.165) is 24.2 Å². The first-order valence-corrected chi connectivity index (χ1v) is 9.27. The van der Waals surface area contributed by atoms with Gasteiger partial charge in [0.1, 0.15) is 5.75 Å². The topological polar surface area (TPSA) is 55.4 Å². The van der Waals surface area contributed by atoms with Crippen molar-refractivity contribution in [1.29, 1.82) is 0 Å². The summed E-state index contributed by atoms with van der Waals surface area (Å²) in [6.07, 6.45) is 2.05.